The van der Waals surface area contributed by atoms with Crippen molar-refractivity contribution in [3.05, 3.63) is 45.9 Å². The molecule has 1 fully saturated rings. The number of anilines is 1. The molecule has 1 saturated heterocycles. The molecule has 1 aliphatic rings. The van der Waals surface area contributed by atoms with E-state index in [9.17, 15) is 0 Å². The normalized spacial score (nSPS) is 16.4. The number of nitrogens with zero attached hydrogens (tertiary/aromatic N) is 6. The number of benzene rings is 1. The van der Waals surface area contributed by atoms with Gasteiger partial charge in [0.1, 0.15) is 5.82 Å². The fourth-order valence-electron chi connectivity index (χ4n) is 3.07. The molecule has 0 bridgehead atoms. The molecular weight excluding hydrogens is 361 g/mol. The van der Waals surface area contributed by atoms with E-state index in [4.69, 9.17) is 23.2 Å². The van der Waals surface area contributed by atoms with Gasteiger partial charge in [-0.25, -0.2) is 0 Å². The highest BCUT2D eigenvalue weighted by atomic mass is 35.5. The number of rotatable bonds is 4. The summed E-state index contributed by atoms with van der Waals surface area (Å²) in [5, 5.41) is 20.3. The summed E-state index contributed by atoms with van der Waals surface area (Å²) in [7, 11) is 0. The van der Waals surface area contributed by atoms with E-state index in [0.717, 1.165) is 38.3 Å². The van der Waals surface area contributed by atoms with Crippen molar-refractivity contribution in [1.29, 1.82) is 0 Å². The lowest BCUT2D eigenvalue weighted by Gasteiger charge is -2.32. The minimum atomic E-state index is 0.395. The summed E-state index contributed by atoms with van der Waals surface area (Å²) in [6.07, 6.45) is 2.10. The number of hydrogen-bond acceptors (Lipinski definition) is 6. The van der Waals surface area contributed by atoms with Crippen LogP contribution in [0.4, 0.5) is 5.82 Å². The number of hydrogen-bond donors (Lipinski definition) is 1. The van der Waals surface area contributed by atoms with E-state index in [0.29, 0.717) is 21.7 Å². The molecule has 0 radical (unpaired) electrons. The van der Waals surface area contributed by atoms with Gasteiger partial charge in [-0.2, -0.15) is 0 Å². The molecule has 3 aromatic rings. The average Bonchev–Trinajstić information content (AvgIpc) is 3.08. The zero-order chi connectivity index (χ0) is 17.2. The zero-order valence-corrected chi connectivity index (χ0v) is 15.0. The van der Waals surface area contributed by atoms with Gasteiger partial charge in [-0.3, -0.25) is 4.90 Å². The molecule has 1 N–H and O–H groups in total. The van der Waals surface area contributed by atoms with Crippen LogP contribution < -0.4 is 5.32 Å². The van der Waals surface area contributed by atoms with Crippen LogP contribution in [0.3, 0.4) is 0 Å². The zero-order valence-electron chi connectivity index (χ0n) is 13.4. The Bertz CT molecular complexity index is 874. The van der Waals surface area contributed by atoms with Crippen LogP contribution in [0, 0.1) is 0 Å². The van der Waals surface area contributed by atoms with E-state index in [1.54, 1.807) is 0 Å². The van der Waals surface area contributed by atoms with Crippen molar-refractivity contribution >= 4 is 34.7 Å². The van der Waals surface area contributed by atoms with Gasteiger partial charge in [0.05, 0.1) is 10.0 Å². The summed E-state index contributed by atoms with van der Waals surface area (Å²) in [4.78, 5) is 2.43. The van der Waals surface area contributed by atoms with Gasteiger partial charge in [0.25, 0.3) is 0 Å². The highest BCUT2D eigenvalue weighted by molar-refractivity contribution is 6.42. The number of nitrogens with one attached hydrogen (secondary N) is 1. The molecule has 7 nitrogen and oxygen atoms in total. The van der Waals surface area contributed by atoms with Gasteiger partial charge in [-0.1, -0.05) is 29.3 Å². The van der Waals surface area contributed by atoms with E-state index in [-0.39, 0.29) is 0 Å². The van der Waals surface area contributed by atoms with E-state index in [1.807, 2.05) is 30.3 Å². The predicted molar refractivity (Wildman–Crippen MR) is 97.0 cm³/mol. The molecule has 0 aliphatic carbocycles. The number of aromatic nitrogens is 5. The van der Waals surface area contributed by atoms with Crippen molar-refractivity contribution in [3.63, 3.8) is 0 Å². The van der Waals surface area contributed by atoms with Gasteiger partial charge in [-0.05, 0) is 53.1 Å². The van der Waals surface area contributed by atoms with Gasteiger partial charge in [0.15, 0.2) is 5.65 Å². The summed E-state index contributed by atoms with van der Waals surface area (Å²) in [5.74, 6) is 0.794. The molecule has 4 rings (SSSR count). The summed E-state index contributed by atoms with van der Waals surface area (Å²) in [5.41, 5.74) is 1.83. The predicted octanol–water partition coefficient (Wildman–Crippen LogP) is 2.90. The van der Waals surface area contributed by atoms with Crippen LogP contribution in [0.2, 0.25) is 10.0 Å². The van der Waals surface area contributed by atoms with Crippen LogP contribution in [0.15, 0.2) is 30.3 Å². The molecular formula is C16H17Cl2N7. The molecule has 0 saturated carbocycles. The maximum atomic E-state index is 6.09. The van der Waals surface area contributed by atoms with Gasteiger partial charge >= 0.3 is 0 Å². The van der Waals surface area contributed by atoms with Crippen molar-refractivity contribution in [3.8, 4) is 0 Å². The maximum absolute atomic E-state index is 6.09. The molecule has 1 aromatic carbocycles. The fourth-order valence-corrected chi connectivity index (χ4v) is 3.39. The second-order valence-corrected chi connectivity index (χ2v) is 7.00. The molecule has 0 amide bonds. The second kappa shape index (κ2) is 7.11. The van der Waals surface area contributed by atoms with Crippen molar-refractivity contribution in [2.75, 3.05) is 18.4 Å². The van der Waals surface area contributed by atoms with E-state index < -0.39 is 0 Å². The van der Waals surface area contributed by atoms with Crippen LogP contribution in [0.25, 0.3) is 5.65 Å². The first kappa shape index (κ1) is 16.5. The Morgan fingerprint density at radius 3 is 2.72 bits per heavy atom. The molecule has 0 spiro atoms. The summed E-state index contributed by atoms with van der Waals surface area (Å²) < 4.78 is 1.43. The minimum absolute atomic E-state index is 0.395. The molecule has 2 aromatic heterocycles. The molecule has 0 atom stereocenters. The lowest BCUT2D eigenvalue weighted by atomic mass is 10.0. The topological polar surface area (TPSA) is 71.2 Å². The SMILES string of the molecule is Clc1ccc(CN2CCC(Nc3ccc4nnnn4n3)CC2)cc1Cl. The van der Waals surface area contributed by atoms with Gasteiger partial charge in [0.2, 0.25) is 0 Å². The number of halogens is 2. The van der Waals surface area contributed by atoms with Crippen LogP contribution in [0.1, 0.15) is 18.4 Å². The van der Waals surface area contributed by atoms with E-state index >= 15 is 0 Å². The Labute approximate surface area is 154 Å². The Balaban J connectivity index is 1.32. The Kier molecular flexibility index (Phi) is 4.70. The highest BCUT2D eigenvalue weighted by Gasteiger charge is 2.20. The third kappa shape index (κ3) is 3.84. The lowest BCUT2D eigenvalue weighted by Crippen LogP contribution is -2.38. The van der Waals surface area contributed by atoms with E-state index in [1.165, 1.54) is 10.2 Å². The quantitative estimate of drug-likeness (QED) is 0.753. The number of fused-ring (bicyclic) bond motifs is 1. The monoisotopic (exact) mass is 377 g/mol. The van der Waals surface area contributed by atoms with Crippen molar-refractivity contribution in [2.45, 2.75) is 25.4 Å². The van der Waals surface area contributed by atoms with E-state index in [2.05, 4.69) is 30.8 Å². The molecule has 3 heterocycles. The maximum Gasteiger partial charge on any atom is 0.200 e. The van der Waals surface area contributed by atoms with Gasteiger partial charge < -0.3 is 5.32 Å². The molecule has 1 aliphatic heterocycles. The smallest absolute Gasteiger partial charge is 0.200 e. The van der Waals surface area contributed by atoms with Crippen molar-refractivity contribution in [2.24, 2.45) is 0 Å². The Morgan fingerprint density at radius 1 is 1.08 bits per heavy atom. The van der Waals surface area contributed by atoms with Crippen LogP contribution in [0.5, 0.6) is 0 Å². The van der Waals surface area contributed by atoms with Crippen LogP contribution in [-0.2, 0) is 6.54 Å². The first-order valence-corrected chi connectivity index (χ1v) is 8.91. The lowest BCUT2D eigenvalue weighted by molar-refractivity contribution is 0.211. The highest BCUT2D eigenvalue weighted by Crippen LogP contribution is 2.24. The van der Waals surface area contributed by atoms with Crippen LogP contribution in [-0.4, -0.2) is 49.3 Å². The summed E-state index contributed by atoms with van der Waals surface area (Å²) in [6, 6.07) is 9.99. The van der Waals surface area contributed by atoms with Crippen LogP contribution >= 0.6 is 23.2 Å². The fraction of sp³-hybridized carbons (Fsp3) is 0.375. The minimum Gasteiger partial charge on any atom is -0.366 e. The molecule has 130 valence electrons. The van der Waals surface area contributed by atoms with Crippen molar-refractivity contribution in [1.82, 2.24) is 30.2 Å². The molecule has 0 unspecified atom stereocenters. The number of likely N-dealkylation sites (tertiary alicyclic amines) is 1. The third-order valence-electron chi connectivity index (χ3n) is 4.40. The van der Waals surface area contributed by atoms with Crippen molar-refractivity contribution < 1.29 is 0 Å². The summed E-state index contributed by atoms with van der Waals surface area (Å²) in [6.45, 7) is 2.93. The summed E-state index contributed by atoms with van der Waals surface area (Å²) >= 11 is 12.1. The molecule has 25 heavy (non-hydrogen) atoms. The largest absolute Gasteiger partial charge is 0.366 e. The first-order chi connectivity index (χ1) is 12.2. The third-order valence-corrected chi connectivity index (χ3v) is 5.14. The Morgan fingerprint density at radius 2 is 1.92 bits per heavy atom. The average molecular weight is 378 g/mol. The first-order valence-electron chi connectivity index (χ1n) is 8.15. The second-order valence-electron chi connectivity index (χ2n) is 6.19. The number of tetrazole rings is 1. The number of piperidine rings is 1. The molecule has 9 heteroatoms. The standard InChI is InChI=1S/C16H17Cl2N7/c17-13-2-1-11(9-14(13)18)10-24-7-5-12(6-8-24)19-15-3-4-16-20-22-23-25(16)21-15/h1-4,9,12H,5-8,10H2,(H,19,21). The Hall–Kier alpha value is -1.96. The van der Waals surface area contributed by atoms with Gasteiger partial charge in [0, 0.05) is 25.7 Å². The van der Waals surface area contributed by atoms with Gasteiger partial charge in [-0.15, -0.1) is 14.8 Å².